The number of hydrogen-bond donors (Lipinski definition) is 1. The largest absolute Gasteiger partial charge is 0.351 e. The first-order valence-electron chi connectivity index (χ1n) is 9.78. The first-order chi connectivity index (χ1) is 14.6. The Balaban J connectivity index is 1.52. The highest BCUT2D eigenvalue weighted by Crippen LogP contribution is 2.24. The summed E-state index contributed by atoms with van der Waals surface area (Å²) in [5.41, 5.74) is 4.12. The molecule has 3 aromatic carbocycles. The average molecular weight is 397 g/mol. The molecule has 5 aromatic rings. The third kappa shape index (κ3) is 3.24. The summed E-state index contributed by atoms with van der Waals surface area (Å²) in [6, 6.07) is 24.1. The normalized spacial score (nSPS) is 11.3. The predicted molar refractivity (Wildman–Crippen MR) is 118 cm³/mol. The lowest BCUT2D eigenvalue weighted by atomic mass is 10.2. The van der Waals surface area contributed by atoms with Crippen LogP contribution in [0.3, 0.4) is 0 Å². The molecule has 30 heavy (non-hydrogen) atoms. The Hall–Kier alpha value is -3.86. The Morgan fingerprint density at radius 2 is 1.73 bits per heavy atom. The minimum Gasteiger partial charge on any atom is -0.351 e. The third-order valence-electron chi connectivity index (χ3n) is 5.42. The Kier molecular flexibility index (Phi) is 4.36. The molecule has 0 radical (unpaired) electrons. The number of benzene rings is 3. The molecular formula is C25H20FN3O. The highest BCUT2D eigenvalue weighted by Gasteiger charge is 2.16. The van der Waals surface area contributed by atoms with Gasteiger partial charge in [-0.1, -0.05) is 30.3 Å². The Bertz CT molecular complexity index is 1400. The van der Waals surface area contributed by atoms with E-state index in [1.807, 2.05) is 83.0 Å². The van der Waals surface area contributed by atoms with Gasteiger partial charge in [-0.05, 0) is 54.1 Å². The van der Waals surface area contributed by atoms with E-state index in [1.54, 1.807) is 6.07 Å². The quantitative estimate of drug-likeness (QED) is 0.423. The number of para-hydroxylation sites is 1. The van der Waals surface area contributed by atoms with Gasteiger partial charge in [0.1, 0.15) is 11.5 Å². The van der Waals surface area contributed by atoms with Crippen LogP contribution in [0.4, 0.5) is 10.1 Å². The third-order valence-corrected chi connectivity index (χ3v) is 5.42. The molecule has 1 amide bonds. The number of nitrogens with one attached hydrogen (secondary N) is 1. The molecule has 2 heterocycles. The van der Waals surface area contributed by atoms with E-state index in [0.717, 1.165) is 33.1 Å². The second-order valence-electron chi connectivity index (χ2n) is 7.46. The molecule has 0 atom stereocenters. The van der Waals surface area contributed by atoms with Gasteiger partial charge in [0, 0.05) is 47.3 Å². The first kappa shape index (κ1) is 18.2. The number of fused-ring (bicyclic) bond motifs is 2. The van der Waals surface area contributed by atoms with E-state index in [2.05, 4.69) is 5.32 Å². The molecule has 2 aromatic heterocycles. The van der Waals surface area contributed by atoms with Crippen molar-refractivity contribution in [3.8, 4) is 0 Å². The van der Waals surface area contributed by atoms with Crippen LogP contribution in [0.25, 0.3) is 21.8 Å². The number of anilines is 1. The highest BCUT2D eigenvalue weighted by molar-refractivity contribution is 6.07. The van der Waals surface area contributed by atoms with Crippen LogP contribution in [0.5, 0.6) is 0 Å². The molecule has 148 valence electrons. The summed E-state index contributed by atoms with van der Waals surface area (Å²) < 4.78 is 17.7. The Morgan fingerprint density at radius 3 is 2.60 bits per heavy atom. The second kappa shape index (κ2) is 7.19. The maximum atomic E-state index is 13.7. The number of hydrogen-bond acceptors (Lipinski definition) is 1. The topological polar surface area (TPSA) is 39.0 Å². The maximum absolute atomic E-state index is 13.7. The average Bonchev–Trinajstić information content (AvgIpc) is 3.29. The van der Waals surface area contributed by atoms with Crippen molar-refractivity contribution >= 4 is 33.4 Å². The van der Waals surface area contributed by atoms with Crippen LogP contribution >= 0.6 is 0 Å². The van der Waals surface area contributed by atoms with Crippen molar-refractivity contribution in [1.29, 1.82) is 0 Å². The number of aryl methyl sites for hydroxylation is 1. The molecule has 0 unspecified atom stereocenters. The Labute approximate surface area is 173 Å². The zero-order chi connectivity index (χ0) is 20.7. The summed E-state index contributed by atoms with van der Waals surface area (Å²) in [5.74, 6) is -0.482. The first-order valence-corrected chi connectivity index (χ1v) is 9.78. The number of halogens is 1. The van der Waals surface area contributed by atoms with Gasteiger partial charge >= 0.3 is 0 Å². The van der Waals surface area contributed by atoms with Crippen molar-refractivity contribution in [3.63, 3.8) is 0 Å². The number of amides is 1. The van der Waals surface area contributed by atoms with Crippen LogP contribution in [-0.2, 0) is 13.6 Å². The summed E-state index contributed by atoms with van der Waals surface area (Å²) >= 11 is 0. The van der Waals surface area contributed by atoms with Crippen LogP contribution in [-0.4, -0.2) is 15.0 Å². The predicted octanol–water partition coefficient (Wildman–Crippen LogP) is 5.57. The van der Waals surface area contributed by atoms with Crippen molar-refractivity contribution in [2.24, 2.45) is 7.05 Å². The highest BCUT2D eigenvalue weighted by atomic mass is 19.1. The molecule has 5 rings (SSSR count). The van der Waals surface area contributed by atoms with Gasteiger partial charge in [-0.25, -0.2) is 4.39 Å². The van der Waals surface area contributed by atoms with Gasteiger partial charge in [-0.2, -0.15) is 0 Å². The fraction of sp³-hybridized carbons (Fsp3) is 0.0800. The summed E-state index contributed by atoms with van der Waals surface area (Å²) in [6.45, 7) is 0.408. The Morgan fingerprint density at radius 1 is 0.900 bits per heavy atom. The monoisotopic (exact) mass is 397 g/mol. The van der Waals surface area contributed by atoms with Gasteiger partial charge in [0.2, 0.25) is 0 Å². The van der Waals surface area contributed by atoms with Crippen molar-refractivity contribution in [3.05, 3.63) is 102 Å². The van der Waals surface area contributed by atoms with Crippen LogP contribution < -0.4 is 5.32 Å². The maximum Gasteiger partial charge on any atom is 0.272 e. The molecular weight excluding hydrogens is 377 g/mol. The van der Waals surface area contributed by atoms with Crippen molar-refractivity contribution < 1.29 is 9.18 Å². The van der Waals surface area contributed by atoms with Gasteiger partial charge in [-0.15, -0.1) is 0 Å². The lowest BCUT2D eigenvalue weighted by Crippen LogP contribution is -2.17. The minimum absolute atomic E-state index is 0.196. The van der Waals surface area contributed by atoms with E-state index in [0.29, 0.717) is 12.2 Å². The molecule has 5 heteroatoms. The molecule has 1 N–H and O–H groups in total. The second-order valence-corrected chi connectivity index (χ2v) is 7.46. The molecule has 0 saturated carbocycles. The van der Waals surface area contributed by atoms with Crippen LogP contribution in [0.15, 0.2) is 85.1 Å². The molecule has 0 aliphatic rings. The molecule has 0 bridgehead atoms. The SMILES string of the molecule is Cn1ccc2cc(NC(=O)c3cc4ccccc4n3Cc3cccc(F)c3)ccc21. The smallest absolute Gasteiger partial charge is 0.272 e. The zero-order valence-electron chi connectivity index (χ0n) is 16.5. The summed E-state index contributed by atoms with van der Waals surface area (Å²) in [7, 11) is 1.99. The fourth-order valence-electron chi connectivity index (χ4n) is 3.94. The molecule has 0 aliphatic carbocycles. The standard InChI is InChI=1S/C25H20FN3O/c1-28-12-11-19-14-21(9-10-22(19)28)27-25(30)24-15-18-6-2-3-8-23(18)29(24)16-17-5-4-7-20(26)13-17/h2-15H,16H2,1H3,(H,27,30). The number of carbonyl (C=O) groups is 1. The minimum atomic E-state index is -0.286. The van der Waals surface area contributed by atoms with E-state index in [4.69, 9.17) is 0 Å². The van der Waals surface area contributed by atoms with Gasteiger partial charge in [0.15, 0.2) is 0 Å². The van der Waals surface area contributed by atoms with Crippen LogP contribution in [0.1, 0.15) is 16.1 Å². The number of nitrogens with zero attached hydrogens (tertiary/aromatic N) is 2. The van der Waals surface area contributed by atoms with Crippen LogP contribution in [0.2, 0.25) is 0 Å². The van der Waals surface area contributed by atoms with Gasteiger partial charge in [0.05, 0.1) is 0 Å². The number of rotatable bonds is 4. The summed E-state index contributed by atoms with van der Waals surface area (Å²) in [4.78, 5) is 13.2. The van der Waals surface area contributed by atoms with E-state index in [-0.39, 0.29) is 11.7 Å². The zero-order valence-corrected chi connectivity index (χ0v) is 16.5. The molecule has 0 spiro atoms. The lowest BCUT2D eigenvalue weighted by molar-refractivity contribution is 0.101. The lowest BCUT2D eigenvalue weighted by Gasteiger charge is -2.12. The molecule has 0 aliphatic heterocycles. The molecule has 4 nitrogen and oxygen atoms in total. The number of carbonyl (C=O) groups excluding carboxylic acids is 1. The van der Waals surface area contributed by atoms with Gasteiger partial charge < -0.3 is 14.5 Å². The summed E-state index contributed by atoms with van der Waals surface area (Å²) in [5, 5.41) is 5.05. The van der Waals surface area contributed by atoms with Crippen LogP contribution in [0, 0.1) is 5.82 Å². The fourth-order valence-corrected chi connectivity index (χ4v) is 3.94. The van der Waals surface area contributed by atoms with Gasteiger partial charge in [-0.3, -0.25) is 4.79 Å². The van der Waals surface area contributed by atoms with Crippen molar-refractivity contribution in [2.75, 3.05) is 5.32 Å². The van der Waals surface area contributed by atoms with Gasteiger partial charge in [0.25, 0.3) is 5.91 Å². The molecule has 0 saturated heterocycles. The molecule has 0 fully saturated rings. The van der Waals surface area contributed by atoms with E-state index >= 15 is 0 Å². The van der Waals surface area contributed by atoms with E-state index in [1.165, 1.54) is 12.1 Å². The summed E-state index contributed by atoms with van der Waals surface area (Å²) in [6.07, 6.45) is 1.99. The number of aromatic nitrogens is 2. The van der Waals surface area contributed by atoms with E-state index in [9.17, 15) is 9.18 Å². The van der Waals surface area contributed by atoms with E-state index < -0.39 is 0 Å². The van der Waals surface area contributed by atoms with Crippen molar-refractivity contribution in [1.82, 2.24) is 9.13 Å². The van der Waals surface area contributed by atoms with Crippen molar-refractivity contribution in [2.45, 2.75) is 6.54 Å².